The second kappa shape index (κ2) is 8.36. The van der Waals surface area contributed by atoms with Gasteiger partial charge in [0, 0.05) is 23.5 Å². The summed E-state index contributed by atoms with van der Waals surface area (Å²) in [5.74, 6) is 0.498. The van der Waals surface area contributed by atoms with Gasteiger partial charge in [-0.2, -0.15) is 0 Å². The predicted molar refractivity (Wildman–Crippen MR) is 110 cm³/mol. The van der Waals surface area contributed by atoms with Crippen LogP contribution in [-0.2, 0) is 13.0 Å². The molecule has 150 valence electrons. The van der Waals surface area contributed by atoms with Crippen LogP contribution in [-0.4, -0.2) is 35.0 Å². The number of fused-ring (bicyclic) bond motifs is 1. The van der Waals surface area contributed by atoms with Crippen molar-refractivity contribution in [3.05, 3.63) is 59.0 Å². The van der Waals surface area contributed by atoms with Crippen LogP contribution in [0.15, 0.2) is 47.3 Å². The van der Waals surface area contributed by atoms with Crippen LogP contribution in [0.4, 0.5) is 15.6 Å². The van der Waals surface area contributed by atoms with Crippen LogP contribution in [0.5, 0.6) is 5.75 Å². The molecule has 3 aromatic rings. The molecule has 0 saturated carbocycles. The van der Waals surface area contributed by atoms with E-state index in [0.29, 0.717) is 42.5 Å². The molecule has 1 aromatic carbocycles. The fraction of sp³-hybridized carbons (Fsp3) is 0.250. The monoisotopic (exact) mass is 412 g/mol. The number of nitrogens with one attached hydrogen (secondary N) is 2. The van der Waals surface area contributed by atoms with Crippen LogP contribution in [0, 0.1) is 0 Å². The van der Waals surface area contributed by atoms with Crippen LogP contribution in [0.3, 0.4) is 0 Å². The minimum Gasteiger partial charge on any atom is -0.494 e. The highest BCUT2D eigenvalue weighted by Crippen LogP contribution is 2.29. The first-order chi connectivity index (χ1) is 14.1. The number of furan rings is 1. The fourth-order valence-corrected chi connectivity index (χ4v) is 4.01. The Morgan fingerprint density at radius 3 is 2.79 bits per heavy atom. The number of rotatable bonds is 5. The lowest BCUT2D eigenvalue weighted by atomic mass is 10.2. The van der Waals surface area contributed by atoms with Crippen LogP contribution in [0.2, 0.25) is 0 Å². The van der Waals surface area contributed by atoms with Gasteiger partial charge in [-0.25, -0.2) is 9.78 Å². The highest BCUT2D eigenvalue weighted by molar-refractivity contribution is 7.15. The van der Waals surface area contributed by atoms with Gasteiger partial charge >= 0.3 is 6.03 Å². The number of hydrogen-bond donors (Lipinski definition) is 2. The Balaban J connectivity index is 1.37. The molecule has 8 nitrogen and oxygen atoms in total. The lowest BCUT2D eigenvalue weighted by molar-refractivity contribution is 0.102. The first-order valence-corrected chi connectivity index (χ1v) is 10.0. The van der Waals surface area contributed by atoms with Gasteiger partial charge in [-0.3, -0.25) is 10.1 Å². The standard InChI is InChI=1S/C20H20N4O4S/c1-2-28-15-5-3-14(4-6-15)21-20(26)24-9-7-16-17(11-24)29-19(22-16)23-18(25)13-8-10-27-12-13/h3-6,8,10,12H,2,7,9,11H2,1H3,(H,21,26)(H,22,23,25). The molecule has 9 heteroatoms. The van der Waals surface area contributed by atoms with Crippen molar-refractivity contribution in [2.24, 2.45) is 0 Å². The molecule has 1 aliphatic rings. The van der Waals surface area contributed by atoms with Gasteiger partial charge in [0.1, 0.15) is 12.0 Å². The van der Waals surface area contributed by atoms with Gasteiger partial charge in [0.15, 0.2) is 5.13 Å². The van der Waals surface area contributed by atoms with Crippen molar-refractivity contribution in [3.8, 4) is 5.75 Å². The second-order valence-electron chi connectivity index (χ2n) is 6.41. The summed E-state index contributed by atoms with van der Waals surface area (Å²) in [6.45, 7) is 3.54. The highest BCUT2D eigenvalue weighted by Gasteiger charge is 2.25. The van der Waals surface area contributed by atoms with Crippen LogP contribution in [0.1, 0.15) is 27.9 Å². The molecule has 4 rings (SSSR count). The van der Waals surface area contributed by atoms with Crippen molar-refractivity contribution >= 4 is 34.1 Å². The molecule has 1 aliphatic heterocycles. The summed E-state index contributed by atoms with van der Waals surface area (Å²) in [6.07, 6.45) is 3.47. The van der Waals surface area contributed by atoms with E-state index in [9.17, 15) is 9.59 Å². The van der Waals surface area contributed by atoms with E-state index < -0.39 is 0 Å². The Morgan fingerprint density at radius 1 is 1.24 bits per heavy atom. The summed E-state index contributed by atoms with van der Waals surface area (Å²) in [5.41, 5.74) is 2.07. The van der Waals surface area contributed by atoms with Crippen molar-refractivity contribution in [3.63, 3.8) is 0 Å². The topological polar surface area (TPSA) is 96.7 Å². The third-order valence-corrected chi connectivity index (χ3v) is 5.44. The third-order valence-electron chi connectivity index (χ3n) is 4.44. The second-order valence-corrected chi connectivity index (χ2v) is 7.50. The molecule has 29 heavy (non-hydrogen) atoms. The van der Waals surface area contributed by atoms with Gasteiger partial charge in [-0.1, -0.05) is 11.3 Å². The fourth-order valence-electron chi connectivity index (χ4n) is 2.99. The molecule has 0 aliphatic carbocycles. The van der Waals surface area contributed by atoms with Crippen molar-refractivity contribution in [2.45, 2.75) is 19.9 Å². The van der Waals surface area contributed by atoms with Gasteiger partial charge in [0.25, 0.3) is 5.91 Å². The predicted octanol–water partition coefficient (Wildman–Crippen LogP) is 3.98. The summed E-state index contributed by atoms with van der Waals surface area (Å²) >= 11 is 1.38. The quantitative estimate of drug-likeness (QED) is 0.661. The maximum atomic E-state index is 12.6. The van der Waals surface area contributed by atoms with E-state index in [1.165, 1.54) is 23.9 Å². The lowest BCUT2D eigenvalue weighted by Gasteiger charge is -2.26. The molecule has 0 spiro atoms. The van der Waals surface area contributed by atoms with Gasteiger partial charge in [-0.05, 0) is 37.3 Å². The molecule has 0 saturated heterocycles. The molecule has 0 unspecified atom stereocenters. The van der Waals surface area contributed by atoms with Crippen molar-refractivity contribution < 1.29 is 18.7 Å². The van der Waals surface area contributed by atoms with Crippen molar-refractivity contribution in [1.82, 2.24) is 9.88 Å². The summed E-state index contributed by atoms with van der Waals surface area (Å²) in [6, 6.07) is 8.70. The van der Waals surface area contributed by atoms with Crippen LogP contribution >= 0.6 is 11.3 Å². The smallest absolute Gasteiger partial charge is 0.322 e. The number of thiazole rings is 1. The van der Waals surface area contributed by atoms with E-state index in [-0.39, 0.29) is 11.9 Å². The van der Waals surface area contributed by atoms with Crippen molar-refractivity contribution in [1.29, 1.82) is 0 Å². The van der Waals surface area contributed by atoms with E-state index in [1.54, 1.807) is 11.0 Å². The Morgan fingerprint density at radius 2 is 2.07 bits per heavy atom. The van der Waals surface area contributed by atoms with Crippen LogP contribution in [0.25, 0.3) is 0 Å². The minimum absolute atomic E-state index is 0.169. The Kier molecular flexibility index (Phi) is 5.48. The Labute approximate surface area is 171 Å². The zero-order valence-corrected chi connectivity index (χ0v) is 16.6. The van der Waals surface area contributed by atoms with Gasteiger partial charge < -0.3 is 19.4 Å². The number of hydrogen-bond acceptors (Lipinski definition) is 6. The Hall–Kier alpha value is -3.33. The third kappa shape index (κ3) is 4.40. The summed E-state index contributed by atoms with van der Waals surface area (Å²) in [7, 11) is 0. The van der Waals surface area contributed by atoms with Gasteiger partial charge in [-0.15, -0.1) is 0 Å². The van der Waals surface area contributed by atoms with Crippen LogP contribution < -0.4 is 15.4 Å². The molecule has 0 atom stereocenters. The number of amides is 3. The molecule has 0 bridgehead atoms. The maximum absolute atomic E-state index is 12.6. The minimum atomic E-state index is -0.269. The SMILES string of the molecule is CCOc1ccc(NC(=O)N2CCc3nc(NC(=O)c4ccoc4)sc3C2)cc1. The average molecular weight is 412 g/mol. The van der Waals surface area contributed by atoms with E-state index >= 15 is 0 Å². The summed E-state index contributed by atoms with van der Waals surface area (Å²) < 4.78 is 10.3. The largest absolute Gasteiger partial charge is 0.494 e. The average Bonchev–Trinajstić information content (AvgIpc) is 3.38. The molecular formula is C20H20N4O4S. The lowest BCUT2D eigenvalue weighted by Crippen LogP contribution is -2.38. The molecule has 0 radical (unpaired) electrons. The number of carbonyl (C=O) groups excluding carboxylic acids is 2. The first-order valence-electron chi connectivity index (χ1n) is 9.23. The van der Waals surface area contributed by atoms with E-state index in [0.717, 1.165) is 16.3 Å². The Bertz CT molecular complexity index is 998. The molecule has 3 amide bonds. The molecule has 2 N–H and O–H groups in total. The number of carbonyl (C=O) groups is 2. The first kappa shape index (κ1) is 19.0. The number of nitrogens with zero attached hydrogens (tertiary/aromatic N) is 2. The van der Waals surface area contributed by atoms with E-state index in [4.69, 9.17) is 9.15 Å². The maximum Gasteiger partial charge on any atom is 0.322 e. The van der Waals surface area contributed by atoms with Gasteiger partial charge in [0.2, 0.25) is 0 Å². The number of aromatic nitrogens is 1. The van der Waals surface area contributed by atoms with Crippen molar-refractivity contribution in [2.75, 3.05) is 23.8 Å². The van der Waals surface area contributed by atoms with E-state index in [2.05, 4.69) is 15.6 Å². The molecular weight excluding hydrogens is 392 g/mol. The summed E-state index contributed by atoms with van der Waals surface area (Å²) in [5, 5.41) is 6.21. The number of benzene rings is 1. The molecule has 0 fully saturated rings. The molecule has 2 aromatic heterocycles. The zero-order chi connectivity index (χ0) is 20.2. The zero-order valence-electron chi connectivity index (χ0n) is 15.8. The number of urea groups is 1. The number of ether oxygens (including phenoxy) is 1. The summed E-state index contributed by atoms with van der Waals surface area (Å²) in [4.78, 5) is 32.0. The van der Waals surface area contributed by atoms with E-state index in [1.807, 2.05) is 31.2 Å². The van der Waals surface area contributed by atoms with Gasteiger partial charge in [0.05, 0.1) is 30.7 Å². The highest BCUT2D eigenvalue weighted by atomic mass is 32.1. The molecule has 3 heterocycles. The number of anilines is 2. The normalized spacial score (nSPS) is 12.9.